The van der Waals surface area contributed by atoms with Crippen LogP contribution in [0.4, 0.5) is 4.79 Å². The Kier molecular flexibility index (Phi) is 4.37. The molecule has 3 aromatic rings. The van der Waals surface area contributed by atoms with E-state index in [0.717, 1.165) is 23.0 Å². The lowest BCUT2D eigenvalue weighted by Gasteiger charge is -2.43. The molecule has 1 saturated heterocycles. The van der Waals surface area contributed by atoms with E-state index in [1.807, 2.05) is 47.4 Å². The molecule has 0 N–H and O–H groups in total. The number of furan rings is 1. The van der Waals surface area contributed by atoms with Gasteiger partial charge in [0.25, 0.3) is 0 Å². The molecule has 0 spiro atoms. The fraction of sp³-hybridized carbons (Fsp3) is 0.261. The minimum atomic E-state index is -0.275. The largest absolute Gasteiger partial charge is 0.464 e. The first kappa shape index (κ1) is 17.1. The van der Waals surface area contributed by atoms with Crippen molar-refractivity contribution in [3.63, 3.8) is 0 Å². The minimum absolute atomic E-state index is 0.0120. The monoisotopic (exact) mass is 375 g/mol. The van der Waals surface area contributed by atoms with Crippen LogP contribution in [-0.2, 0) is 16.1 Å². The molecular weight excluding hydrogens is 354 g/mol. The van der Waals surface area contributed by atoms with Crippen LogP contribution in [-0.4, -0.2) is 36.3 Å². The van der Waals surface area contributed by atoms with E-state index in [2.05, 4.69) is 18.2 Å². The van der Waals surface area contributed by atoms with Crippen molar-refractivity contribution in [2.75, 3.05) is 13.2 Å². The molecule has 28 heavy (non-hydrogen) atoms. The third kappa shape index (κ3) is 3.18. The Hall–Kier alpha value is -3.05. The van der Waals surface area contributed by atoms with Crippen LogP contribution in [0.25, 0.3) is 16.5 Å². The van der Waals surface area contributed by atoms with E-state index in [9.17, 15) is 4.79 Å². The highest BCUT2D eigenvalue weighted by Gasteiger charge is 2.39. The molecule has 3 heterocycles. The number of amides is 1. The fourth-order valence-electron chi connectivity index (χ4n) is 4.05. The topological polar surface area (TPSA) is 51.9 Å². The third-order valence-electron chi connectivity index (χ3n) is 5.44. The highest BCUT2D eigenvalue weighted by Crippen LogP contribution is 2.34. The van der Waals surface area contributed by atoms with Crippen molar-refractivity contribution in [3.05, 3.63) is 78.1 Å². The van der Waals surface area contributed by atoms with Gasteiger partial charge in [0.1, 0.15) is 12.2 Å². The number of carbonyl (C=O) groups excluding carboxylic acids is 1. The summed E-state index contributed by atoms with van der Waals surface area (Å²) in [7, 11) is 0. The average molecular weight is 375 g/mol. The summed E-state index contributed by atoms with van der Waals surface area (Å²) in [4.78, 5) is 14.6. The van der Waals surface area contributed by atoms with Gasteiger partial charge in [-0.25, -0.2) is 4.79 Å². The maximum Gasteiger partial charge on any atom is 0.411 e. The molecule has 5 nitrogen and oxygen atoms in total. The van der Waals surface area contributed by atoms with Crippen molar-refractivity contribution in [1.82, 2.24) is 4.90 Å². The van der Waals surface area contributed by atoms with Gasteiger partial charge in [0.05, 0.1) is 31.6 Å². The van der Waals surface area contributed by atoms with Gasteiger partial charge in [-0.1, -0.05) is 42.5 Å². The second kappa shape index (κ2) is 7.17. The van der Waals surface area contributed by atoms with Gasteiger partial charge in [-0.15, -0.1) is 0 Å². The number of morpholine rings is 1. The Morgan fingerprint density at radius 2 is 2.00 bits per heavy atom. The molecule has 2 bridgehead atoms. The number of rotatable bonds is 3. The van der Waals surface area contributed by atoms with Crippen LogP contribution in [0.5, 0.6) is 0 Å². The summed E-state index contributed by atoms with van der Waals surface area (Å²) < 4.78 is 16.7. The first-order valence-electron chi connectivity index (χ1n) is 9.53. The van der Waals surface area contributed by atoms with E-state index in [4.69, 9.17) is 13.9 Å². The van der Waals surface area contributed by atoms with Gasteiger partial charge >= 0.3 is 6.09 Å². The molecule has 142 valence electrons. The van der Waals surface area contributed by atoms with Gasteiger partial charge in [-0.05, 0) is 41.3 Å². The van der Waals surface area contributed by atoms with E-state index in [1.165, 1.54) is 11.1 Å². The summed E-state index contributed by atoms with van der Waals surface area (Å²) in [6, 6.07) is 17.8. The van der Waals surface area contributed by atoms with Crippen molar-refractivity contribution in [2.45, 2.75) is 25.1 Å². The Morgan fingerprint density at radius 3 is 2.86 bits per heavy atom. The third-order valence-corrected chi connectivity index (χ3v) is 5.44. The summed E-state index contributed by atoms with van der Waals surface area (Å²) in [6.45, 7) is 1.31. The summed E-state index contributed by atoms with van der Waals surface area (Å²) in [5, 5.41) is 1.09. The summed E-state index contributed by atoms with van der Waals surface area (Å²) >= 11 is 0. The van der Waals surface area contributed by atoms with Crippen molar-refractivity contribution >= 4 is 22.6 Å². The van der Waals surface area contributed by atoms with Crippen LogP contribution < -0.4 is 0 Å². The molecule has 1 fully saturated rings. The van der Waals surface area contributed by atoms with Gasteiger partial charge in [-0.3, -0.25) is 4.90 Å². The maximum atomic E-state index is 12.8. The highest BCUT2D eigenvalue weighted by atomic mass is 16.6. The molecule has 5 rings (SSSR count). The highest BCUT2D eigenvalue weighted by molar-refractivity contribution is 5.83. The van der Waals surface area contributed by atoms with E-state index < -0.39 is 0 Å². The molecular formula is C23H21NO4. The maximum absolute atomic E-state index is 12.8. The van der Waals surface area contributed by atoms with Gasteiger partial charge < -0.3 is 13.9 Å². The molecule has 0 radical (unpaired) electrons. The molecule has 2 aliphatic rings. The standard InChI is InChI=1S/C23H21NO4/c25-23(28-13-16-4-2-1-3-5-16)24-20-11-19(12-21(24)15-26-14-20)17-6-7-22-18(10-17)8-9-27-22/h1-11,20-21H,12-15H2. The van der Waals surface area contributed by atoms with E-state index in [0.29, 0.717) is 13.2 Å². The Bertz CT molecular complexity index is 1020. The van der Waals surface area contributed by atoms with Crippen molar-refractivity contribution in [1.29, 1.82) is 0 Å². The van der Waals surface area contributed by atoms with Crippen LogP contribution in [0.15, 0.2) is 71.4 Å². The van der Waals surface area contributed by atoms with Crippen molar-refractivity contribution < 1.29 is 18.7 Å². The van der Waals surface area contributed by atoms with Crippen LogP contribution >= 0.6 is 0 Å². The number of nitrogens with zero attached hydrogens (tertiary/aromatic N) is 1. The van der Waals surface area contributed by atoms with Crippen LogP contribution in [0.2, 0.25) is 0 Å². The molecule has 0 saturated carbocycles. The number of benzene rings is 2. The zero-order chi connectivity index (χ0) is 18.9. The lowest BCUT2D eigenvalue weighted by atomic mass is 9.90. The molecule has 5 heteroatoms. The van der Waals surface area contributed by atoms with Crippen LogP contribution in [0.3, 0.4) is 0 Å². The molecule has 1 amide bonds. The molecule has 2 aromatic carbocycles. The number of carbonyl (C=O) groups is 1. The van der Waals surface area contributed by atoms with E-state index in [-0.39, 0.29) is 24.8 Å². The summed E-state index contributed by atoms with van der Waals surface area (Å²) in [5.41, 5.74) is 4.28. The Morgan fingerprint density at radius 1 is 1.11 bits per heavy atom. The number of hydrogen-bond acceptors (Lipinski definition) is 4. The lowest BCUT2D eigenvalue weighted by Crippen LogP contribution is -2.56. The SMILES string of the molecule is O=C(OCc1ccccc1)N1C2C=C(c3ccc4occc4c3)CC1COC2. The normalized spacial score (nSPS) is 21.4. The Labute approximate surface area is 163 Å². The predicted molar refractivity (Wildman–Crippen MR) is 106 cm³/mol. The van der Waals surface area contributed by atoms with E-state index in [1.54, 1.807) is 6.26 Å². The first-order valence-corrected chi connectivity index (χ1v) is 9.53. The molecule has 2 atom stereocenters. The molecule has 1 aromatic heterocycles. The smallest absolute Gasteiger partial charge is 0.411 e. The number of hydrogen-bond donors (Lipinski definition) is 0. The quantitative estimate of drug-likeness (QED) is 0.670. The predicted octanol–water partition coefficient (Wildman–Crippen LogP) is 4.63. The molecule has 0 aliphatic carbocycles. The summed E-state index contributed by atoms with van der Waals surface area (Å²) in [6.07, 6.45) is 4.32. The molecule has 2 aliphatic heterocycles. The van der Waals surface area contributed by atoms with Crippen molar-refractivity contribution in [2.24, 2.45) is 0 Å². The van der Waals surface area contributed by atoms with Gasteiger partial charge in [0.15, 0.2) is 0 Å². The Balaban J connectivity index is 1.36. The average Bonchev–Trinajstić information content (AvgIpc) is 3.19. The second-order valence-corrected chi connectivity index (χ2v) is 7.28. The first-order chi connectivity index (χ1) is 13.8. The molecule has 2 unspecified atom stereocenters. The van der Waals surface area contributed by atoms with Crippen molar-refractivity contribution in [3.8, 4) is 0 Å². The summed E-state index contributed by atoms with van der Waals surface area (Å²) in [5.74, 6) is 0. The van der Waals surface area contributed by atoms with Gasteiger partial charge in [-0.2, -0.15) is 0 Å². The van der Waals surface area contributed by atoms with Gasteiger partial charge in [0, 0.05) is 5.39 Å². The number of fused-ring (bicyclic) bond motifs is 3. The minimum Gasteiger partial charge on any atom is -0.464 e. The zero-order valence-corrected chi connectivity index (χ0v) is 15.4. The van der Waals surface area contributed by atoms with Gasteiger partial charge in [0.2, 0.25) is 0 Å². The fourth-order valence-corrected chi connectivity index (χ4v) is 4.05. The lowest BCUT2D eigenvalue weighted by molar-refractivity contribution is -0.0342. The van der Waals surface area contributed by atoms with Crippen LogP contribution in [0.1, 0.15) is 17.5 Å². The zero-order valence-electron chi connectivity index (χ0n) is 15.4. The second-order valence-electron chi connectivity index (χ2n) is 7.28. The van der Waals surface area contributed by atoms with Crippen LogP contribution in [0, 0.1) is 0 Å². The number of ether oxygens (including phenoxy) is 2. The van der Waals surface area contributed by atoms with E-state index >= 15 is 0 Å².